The van der Waals surface area contributed by atoms with Crippen molar-refractivity contribution in [2.45, 2.75) is 19.6 Å². The predicted octanol–water partition coefficient (Wildman–Crippen LogP) is 5.00. The number of nitrogens with zero attached hydrogens (tertiary/aromatic N) is 2. The van der Waals surface area contributed by atoms with E-state index in [1.807, 2.05) is 17.5 Å². The van der Waals surface area contributed by atoms with Crippen LogP contribution in [-0.4, -0.2) is 9.88 Å². The van der Waals surface area contributed by atoms with Gasteiger partial charge in [0.25, 0.3) is 0 Å². The molecule has 0 aliphatic heterocycles. The summed E-state index contributed by atoms with van der Waals surface area (Å²) in [5.41, 5.74) is 3.64. The lowest BCUT2D eigenvalue weighted by Gasteiger charge is -2.21. The van der Waals surface area contributed by atoms with Crippen molar-refractivity contribution in [1.29, 1.82) is 0 Å². The highest BCUT2D eigenvalue weighted by Crippen LogP contribution is 2.19. The third kappa shape index (κ3) is 4.41. The fraction of sp³-hybridized carbons (Fsp3) is 0.167. The van der Waals surface area contributed by atoms with Crippen molar-refractivity contribution in [3.05, 3.63) is 87.3 Å². The number of halogens is 1. The first-order valence-corrected chi connectivity index (χ1v) is 8.45. The molecule has 0 unspecified atom stereocenters. The number of hydrogen-bond donors (Lipinski definition) is 0. The molecule has 0 aliphatic rings. The quantitative estimate of drug-likeness (QED) is 0.633. The summed E-state index contributed by atoms with van der Waals surface area (Å²) in [4.78, 5) is 6.76. The highest BCUT2D eigenvalue weighted by molar-refractivity contribution is 7.13. The maximum atomic E-state index is 5.95. The smallest absolute Gasteiger partial charge is 0.183 e. The number of benzene rings is 2. The largest absolute Gasteiger partial charge is 0.289 e. The maximum Gasteiger partial charge on any atom is 0.183 e. The third-order valence-corrected chi connectivity index (χ3v) is 4.43. The van der Waals surface area contributed by atoms with E-state index in [1.54, 1.807) is 0 Å². The summed E-state index contributed by atoms with van der Waals surface area (Å²) in [6.07, 6.45) is 0. The molecule has 0 fully saturated rings. The monoisotopic (exact) mass is 328 g/mol. The fourth-order valence-electron chi connectivity index (χ4n) is 2.43. The van der Waals surface area contributed by atoms with Crippen LogP contribution < -0.4 is 0 Å². The molecule has 0 radical (unpaired) electrons. The van der Waals surface area contributed by atoms with Crippen molar-refractivity contribution in [3.63, 3.8) is 0 Å². The molecule has 0 saturated heterocycles. The Balaban J connectivity index is 1.75. The molecule has 4 heteroatoms. The van der Waals surface area contributed by atoms with Gasteiger partial charge in [-0.25, -0.2) is 4.98 Å². The van der Waals surface area contributed by atoms with E-state index in [0.29, 0.717) is 4.47 Å². The number of hydrogen-bond acceptors (Lipinski definition) is 3. The van der Waals surface area contributed by atoms with Crippen molar-refractivity contribution in [2.75, 3.05) is 0 Å². The van der Waals surface area contributed by atoms with Crippen molar-refractivity contribution in [1.82, 2.24) is 9.88 Å². The van der Waals surface area contributed by atoms with Crippen LogP contribution in [0.4, 0.5) is 0 Å². The van der Waals surface area contributed by atoms with Gasteiger partial charge in [-0.3, -0.25) is 4.90 Å². The number of rotatable bonds is 6. The van der Waals surface area contributed by atoms with Gasteiger partial charge in [0.15, 0.2) is 4.47 Å². The molecule has 1 aromatic heterocycles. The molecule has 0 amide bonds. The van der Waals surface area contributed by atoms with Gasteiger partial charge in [0.2, 0.25) is 0 Å². The van der Waals surface area contributed by atoms with Gasteiger partial charge >= 0.3 is 0 Å². The minimum Gasteiger partial charge on any atom is -0.289 e. The molecule has 0 N–H and O–H groups in total. The highest BCUT2D eigenvalue weighted by atomic mass is 35.5. The van der Waals surface area contributed by atoms with E-state index in [1.165, 1.54) is 22.5 Å². The van der Waals surface area contributed by atoms with Gasteiger partial charge in [0.05, 0.1) is 5.69 Å². The molecule has 2 aromatic carbocycles. The Morgan fingerprint density at radius 1 is 0.818 bits per heavy atom. The van der Waals surface area contributed by atoms with Gasteiger partial charge in [0, 0.05) is 25.0 Å². The zero-order valence-electron chi connectivity index (χ0n) is 12.2. The fourth-order valence-corrected chi connectivity index (χ4v) is 3.21. The van der Waals surface area contributed by atoms with Crippen LogP contribution in [0.3, 0.4) is 0 Å². The van der Waals surface area contributed by atoms with Gasteiger partial charge in [0.1, 0.15) is 0 Å². The van der Waals surface area contributed by atoms with Gasteiger partial charge in [-0.15, -0.1) is 11.3 Å². The summed E-state index contributed by atoms with van der Waals surface area (Å²) in [5.74, 6) is 0. The normalized spacial score (nSPS) is 11.0. The molecule has 0 aliphatic carbocycles. The molecule has 0 bridgehead atoms. The van der Waals surface area contributed by atoms with E-state index in [4.69, 9.17) is 11.6 Å². The van der Waals surface area contributed by atoms with Crippen molar-refractivity contribution < 1.29 is 0 Å². The Hall–Kier alpha value is -1.68. The van der Waals surface area contributed by atoms with Crippen LogP contribution in [0.15, 0.2) is 66.0 Å². The Morgan fingerprint density at radius 2 is 1.36 bits per heavy atom. The van der Waals surface area contributed by atoms with Crippen molar-refractivity contribution in [3.8, 4) is 0 Å². The highest BCUT2D eigenvalue weighted by Gasteiger charge is 2.10. The molecule has 3 aromatic rings. The van der Waals surface area contributed by atoms with E-state index >= 15 is 0 Å². The van der Waals surface area contributed by atoms with Crippen LogP contribution in [0.25, 0.3) is 0 Å². The first kappa shape index (κ1) is 15.2. The molecule has 0 spiro atoms. The van der Waals surface area contributed by atoms with Crippen LogP contribution in [0.5, 0.6) is 0 Å². The van der Waals surface area contributed by atoms with Crippen molar-refractivity contribution >= 4 is 22.9 Å². The molecule has 3 rings (SSSR count). The van der Waals surface area contributed by atoms with E-state index in [9.17, 15) is 0 Å². The molecule has 112 valence electrons. The molecule has 22 heavy (non-hydrogen) atoms. The zero-order chi connectivity index (χ0) is 15.2. The van der Waals surface area contributed by atoms with Gasteiger partial charge in [-0.05, 0) is 11.1 Å². The minimum atomic E-state index is 0.606. The SMILES string of the molecule is Clc1nc(CN(Cc2ccccc2)Cc2ccccc2)cs1. The minimum absolute atomic E-state index is 0.606. The van der Waals surface area contributed by atoms with Gasteiger partial charge in [-0.1, -0.05) is 72.3 Å². The average Bonchev–Trinajstić information content (AvgIpc) is 2.94. The van der Waals surface area contributed by atoms with Crippen LogP contribution in [0.2, 0.25) is 4.47 Å². The molecule has 1 heterocycles. The predicted molar refractivity (Wildman–Crippen MR) is 93.0 cm³/mol. The first-order chi connectivity index (χ1) is 10.8. The standard InChI is InChI=1S/C18H17ClN2S/c19-18-20-17(14-22-18)13-21(11-15-7-3-1-4-8-15)12-16-9-5-2-6-10-16/h1-10,14H,11-13H2. The summed E-state index contributed by atoms with van der Waals surface area (Å²) < 4.78 is 0.606. The second-order valence-electron chi connectivity index (χ2n) is 5.21. The van der Waals surface area contributed by atoms with E-state index in [2.05, 4.69) is 58.4 Å². The summed E-state index contributed by atoms with van der Waals surface area (Å²) >= 11 is 7.44. The zero-order valence-corrected chi connectivity index (χ0v) is 13.7. The Kier molecular flexibility index (Phi) is 5.22. The lowest BCUT2D eigenvalue weighted by atomic mass is 10.1. The van der Waals surface area contributed by atoms with E-state index in [-0.39, 0.29) is 0 Å². The van der Waals surface area contributed by atoms with Crippen LogP contribution in [0, 0.1) is 0 Å². The van der Waals surface area contributed by atoms with Gasteiger partial charge < -0.3 is 0 Å². The van der Waals surface area contributed by atoms with Crippen LogP contribution in [0.1, 0.15) is 16.8 Å². The summed E-state index contributed by atoms with van der Waals surface area (Å²) in [6.45, 7) is 2.59. The van der Waals surface area contributed by atoms with Crippen molar-refractivity contribution in [2.24, 2.45) is 0 Å². The summed E-state index contributed by atoms with van der Waals surface area (Å²) in [7, 11) is 0. The summed E-state index contributed by atoms with van der Waals surface area (Å²) in [6, 6.07) is 21.0. The molecule has 0 atom stereocenters. The maximum absolute atomic E-state index is 5.95. The van der Waals surface area contributed by atoms with E-state index in [0.717, 1.165) is 25.3 Å². The average molecular weight is 329 g/mol. The second kappa shape index (κ2) is 7.54. The Morgan fingerprint density at radius 3 is 1.82 bits per heavy atom. The Labute approximate surface area is 140 Å². The van der Waals surface area contributed by atoms with Crippen LogP contribution in [-0.2, 0) is 19.6 Å². The second-order valence-corrected chi connectivity index (χ2v) is 6.65. The number of thiazole rings is 1. The van der Waals surface area contributed by atoms with Crippen LogP contribution >= 0.6 is 22.9 Å². The Bertz CT molecular complexity index is 656. The number of aromatic nitrogens is 1. The van der Waals surface area contributed by atoms with E-state index < -0.39 is 0 Å². The molecular formula is C18H17ClN2S. The topological polar surface area (TPSA) is 16.1 Å². The van der Waals surface area contributed by atoms with Gasteiger partial charge in [-0.2, -0.15) is 0 Å². The lowest BCUT2D eigenvalue weighted by Crippen LogP contribution is -2.22. The molecular weight excluding hydrogens is 312 g/mol. The first-order valence-electron chi connectivity index (χ1n) is 7.20. The summed E-state index contributed by atoms with van der Waals surface area (Å²) in [5, 5.41) is 2.03. The third-order valence-electron chi connectivity index (χ3n) is 3.41. The lowest BCUT2D eigenvalue weighted by molar-refractivity contribution is 0.245. The molecule has 2 nitrogen and oxygen atoms in total. The molecule has 0 saturated carbocycles.